The molecule has 21 heavy (non-hydrogen) atoms. The number of sulfonamides is 1. The van der Waals surface area contributed by atoms with Crippen molar-refractivity contribution in [2.24, 2.45) is 5.14 Å². The summed E-state index contributed by atoms with van der Waals surface area (Å²) in [4.78, 5) is 1.76. The van der Waals surface area contributed by atoms with Gasteiger partial charge in [-0.25, -0.2) is 13.6 Å². The zero-order chi connectivity index (χ0) is 15.6. The Bertz CT molecular complexity index is 763. The Labute approximate surface area is 129 Å². The predicted octanol–water partition coefficient (Wildman–Crippen LogP) is 2.21. The van der Waals surface area contributed by atoms with Crippen molar-refractivity contribution in [2.45, 2.75) is 11.4 Å². The van der Waals surface area contributed by atoms with Gasteiger partial charge in [0.15, 0.2) is 0 Å². The van der Waals surface area contributed by atoms with Crippen LogP contribution in [0.25, 0.3) is 0 Å². The summed E-state index contributed by atoms with van der Waals surface area (Å²) in [5.41, 5.74) is 7.35. The first-order chi connectivity index (χ1) is 9.79. The van der Waals surface area contributed by atoms with Crippen molar-refractivity contribution < 1.29 is 8.42 Å². The maximum atomic E-state index is 11.7. The highest BCUT2D eigenvalue weighted by atomic mass is 35.5. The zero-order valence-electron chi connectivity index (χ0n) is 11.5. The molecule has 0 spiro atoms. The standard InChI is InChI=1S/C14H16ClN3O2S/c1-18(9-10-4-2-3-5-12(10)15)13-7-6-11(16)8-14(13)21(17,19)20/h2-8H,9,16H2,1H3,(H2,17,19,20). The third-order valence-electron chi connectivity index (χ3n) is 3.07. The number of hydrogen-bond donors (Lipinski definition) is 2. The average Bonchev–Trinajstić information content (AvgIpc) is 2.40. The normalized spacial score (nSPS) is 11.4. The smallest absolute Gasteiger partial charge is 0.240 e. The molecule has 0 fully saturated rings. The van der Waals surface area contributed by atoms with Crippen molar-refractivity contribution in [3.8, 4) is 0 Å². The minimum absolute atomic E-state index is 0.00273. The van der Waals surface area contributed by atoms with Crippen molar-refractivity contribution >= 4 is 33.0 Å². The highest BCUT2D eigenvalue weighted by Gasteiger charge is 2.17. The van der Waals surface area contributed by atoms with Crippen LogP contribution >= 0.6 is 11.6 Å². The van der Waals surface area contributed by atoms with E-state index < -0.39 is 10.0 Å². The molecule has 0 aromatic heterocycles. The van der Waals surface area contributed by atoms with Gasteiger partial charge in [-0.15, -0.1) is 0 Å². The molecule has 0 atom stereocenters. The Kier molecular flexibility index (Phi) is 4.41. The quantitative estimate of drug-likeness (QED) is 0.843. The fraction of sp³-hybridized carbons (Fsp3) is 0.143. The van der Waals surface area contributed by atoms with Gasteiger partial charge in [0.2, 0.25) is 10.0 Å². The molecule has 0 saturated carbocycles. The first-order valence-electron chi connectivity index (χ1n) is 6.16. The van der Waals surface area contributed by atoms with E-state index in [1.54, 1.807) is 30.1 Å². The molecule has 0 unspecified atom stereocenters. The number of halogens is 1. The van der Waals surface area contributed by atoms with Crippen LogP contribution in [0.5, 0.6) is 0 Å². The molecule has 0 radical (unpaired) electrons. The van der Waals surface area contributed by atoms with Gasteiger partial charge in [0, 0.05) is 24.3 Å². The highest BCUT2D eigenvalue weighted by molar-refractivity contribution is 7.89. The Hall–Kier alpha value is -1.76. The molecule has 0 aliphatic rings. The van der Waals surface area contributed by atoms with Gasteiger partial charge >= 0.3 is 0 Å². The molecule has 0 aliphatic heterocycles. The van der Waals surface area contributed by atoms with Gasteiger partial charge in [0.25, 0.3) is 0 Å². The number of rotatable bonds is 4. The van der Waals surface area contributed by atoms with E-state index in [-0.39, 0.29) is 4.90 Å². The monoisotopic (exact) mass is 325 g/mol. The van der Waals surface area contributed by atoms with Gasteiger partial charge < -0.3 is 10.6 Å². The summed E-state index contributed by atoms with van der Waals surface area (Å²) < 4.78 is 23.4. The minimum atomic E-state index is -3.86. The fourth-order valence-electron chi connectivity index (χ4n) is 2.04. The van der Waals surface area contributed by atoms with E-state index >= 15 is 0 Å². The average molecular weight is 326 g/mol. The van der Waals surface area contributed by atoms with Crippen LogP contribution in [0.4, 0.5) is 11.4 Å². The lowest BCUT2D eigenvalue weighted by Gasteiger charge is -2.22. The third kappa shape index (κ3) is 3.66. The van der Waals surface area contributed by atoms with E-state index in [2.05, 4.69) is 0 Å². The first kappa shape index (κ1) is 15.6. The molecule has 5 nitrogen and oxygen atoms in total. The van der Waals surface area contributed by atoms with E-state index in [1.807, 2.05) is 18.2 Å². The Morgan fingerprint density at radius 3 is 2.48 bits per heavy atom. The van der Waals surface area contributed by atoms with E-state index in [9.17, 15) is 8.42 Å². The van der Waals surface area contributed by atoms with Crippen molar-refractivity contribution in [3.05, 3.63) is 53.1 Å². The summed E-state index contributed by atoms with van der Waals surface area (Å²) >= 11 is 6.12. The van der Waals surface area contributed by atoms with Crippen LogP contribution in [-0.2, 0) is 16.6 Å². The second kappa shape index (κ2) is 5.93. The summed E-state index contributed by atoms with van der Waals surface area (Å²) in [7, 11) is -2.09. The number of anilines is 2. The number of hydrogen-bond acceptors (Lipinski definition) is 4. The number of primary sulfonamides is 1. The Morgan fingerprint density at radius 1 is 1.19 bits per heavy atom. The molecule has 2 aromatic carbocycles. The molecule has 0 bridgehead atoms. The first-order valence-corrected chi connectivity index (χ1v) is 8.08. The van der Waals surface area contributed by atoms with Crippen LogP contribution in [0.3, 0.4) is 0 Å². The third-order valence-corrected chi connectivity index (χ3v) is 4.38. The number of nitrogen functional groups attached to an aromatic ring is 1. The lowest BCUT2D eigenvalue weighted by Crippen LogP contribution is -2.22. The fourth-order valence-corrected chi connectivity index (χ4v) is 3.05. The van der Waals surface area contributed by atoms with Crippen LogP contribution in [0.15, 0.2) is 47.4 Å². The molecule has 0 aliphatic carbocycles. The van der Waals surface area contributed by atoms with Gasteiger partial charge in [-0.3, -0.25) is 0 Å². The molecule has 7 heteroatoms. The molecule has 0 amide bonds. The maximum Gasteiger partial charge on any atom is 0.240 e. The summed E-state index contributed by atoms with van der Waals surface area (Å²) in [6.07, 6.45) is 0. The van der Waals surface area contributed by atoms with Crippen molar-refractivity contribution in [1.29, 1.82) is 0 Å². The van der Waals surface area contributed by atoms with Crippen LogP contribution in [-0.4, -0.2) is 15.5 Å². The molecular weight excluding hydrogens is 310 g/mol. The summed E-state index contributed by atoms with van der Waals surface area (Å²) in [6.45, 7) is 0.451. The van der Waals surface area contributed by atoms with Gasteiger partial charge in [-0.1, -0.05) is 29.8 Å². The maximum absolute atomic E-state index is 11.7. The number of nitrogens with two attached hydrogens (primary N) is 2. The molecule has 2 rings (SSSR count). The van der Waals surface area contributed by atoms with Crippen molar-refractivity contribution in [3.63, 3.8) is 0 Å². The van der Waals surface area contributed by atoms with Crippen LogP contribution in [0.2, 0.25) is 5.02 Å². The van der Waals surface area contributed by atoms with Crippen LogP contribution in [0.1, 0.15) is 5.56 Å². The summed E-state index contributed by atoms with van der Waals surface area (Å²) in [6, 6.07) is 12.0. The molecule has 2 aromatic rings. The van der Waals surface area contributed by atoms with Gasteiger partial charge in [-0.2, -0.15) is 0 Å². The van der Waals surface area contributed by atoms with E-state index in [0.717, 1.165) is 5.56 Å². The SMILES string of the molecule is CN(Cc1ccccc1Cl)c1ccc(N)cc1S(N)(=O)=O. The molecule has 0 heterocycles. The number of nitrogens with zero attached hydrogens (tertiary/aromatic N) is 1. The second-order valence-corrected chi connectivity index (χ2v) is 6.66. The van der Waals surface area contributed by atoms with E-state index in [4.69, 9.17) is 22.5 Å². The summed E-state index contributed by atoms with van der Waals surface area (Å²) in [5, 5.41) is 5.87. The molecule has 112 valence electrons. The highest BCUT2D eigenvalue weighted by Crippen LogP contribution is 2.28. The second-order valence-electron chi connectivity index (χ2n) is 4.72. The van der Waals surface area contributed by atoms with Crippen LogP contribution < -0.4 is 15.8 Å². The summed E-state index contributed by atoms with van der Waals surface area (Å²) in [5.74, 6) is 0. The number of benzene rings is 2. The largest absolute Gasteiger partial charge is 0.399 e. The van der Waals surface area contributed by atoms with Crippen molar-refractivity contribution in [2.75, 3.05) is 17.7 Å². The lowest BCUT2D eigenvalue weighted by molar-refractivity contribution is 0.597. The predicted molar refractivity (Wildman–Crippen MR) is 85.8 cm³/mol. The van der Waals surface area contributed by atoms with Gasteiger partial charge in [0.1, 0.15) is 4.90 Å². The Morgan fingerprint density at radius 2 is 1.86 bits per heavy atom. The van der Waals surface area contributed by atoms with Crippen LogP contribution in [0, 0.1) is 0 Å². The van der Waals surface area contributed by atoms with Gasteiger partial charge in [0.05, 0.1) is 5.69 Å². The molecular formula is C14H16ClN3O2S. The lowest BCUT2D eigenvalue weighted by atomic mass is 10.2. The molecule has 4 N–H and O–H groups in total. The topological polar surface area (TPSA) is 89.4 Å². The minimum Gasteiger partial charge on any atom is -0.399 e. The van der Waals surface area contributed by atoms with Gasteiger partial charge in [-0.05, 0) is 29.8 Å². The van der Waals surface area contributed by atoms with E-state index in [0.29, 0.717) is 22.9 Å². The zero-order valence-corrected chi connectivity index (χ0v) is 13.0. The van der Waals surface area contributed by atoms with Crippen molar-refractivity contribution in [1.82, 2.24) is 0 Å². The van der Waals surface area contributed by atoms with E-state index in [1.165, 1.54) is 6.07 Å². The Balaban J connectivity index is 2.40. The molecule has 0 saturated heterocycles.